The van der Waals surface area contributed by atoms with Gasteiger partial charge in [0, 0.05) is 23.9 Å². The fourth-order valence-electron chi connectivity index (χ4n) is 3.18. The van der Waals surface area contributed by atoms with E-state index in [0.29, 0.717) is 11.8 Å². The lowest BCUT2D eigenvalue weighted by Gasteiger charge is -2.32. The molecule has 2 aliphatic rings. The number of rotatable bonds is 0. The SMILES string of the molecule is CN1CC[C@@H]2/C(=N/N)c3ccccc3[C@@H]2C1. The minimum atomic E-state index is 0.540. The van der Waals surface area contributed by atoms with Gasteiger partial charge in [-0.15, -0.1) is 0 Å². The first-order valence-corrected chi connectivity index (χ1v) is 5.87. The second kappa shape index (κ2) is 3.59. The van der Waals surface area contributed by atoms with Crippen LogP contribution in [0.5, 0.6) is 0 Å². The molecule has 0 aromatic heterocycles. The molecule has 84 valence electrons. The summed E-state index contributed by atoms with van der Waals surface area (Å²) in [5.41, 5.74) is 3.83. The van der Waals surface area contributed by atoms with Crippen LogP contribution in [0.1, 0.15) is 23.5 Å². The molecular formula is C13H17N3. The van der Waals surface area contributed by atoms with Crippen molar-refractivity contribution in [3.63, 3.8) is 0 Å². The summed E-state index contributed by atoms with van der Waals surface area (Å²) in [6.45, 7) is 2.27. The highest BCUT2D eigenvalue weighted by Crippen LogP contribution is 2.42. The molecule has 1 aromatic rings. The van der Waals surface area contributed by atoms with Crippen LogP contribution in [0.15, 0.2) is 29.4 Å². The highest BCUT2D eigenvalue weighted by Gasteiger charge is 2.40. The van der Waals surface area contributed by atoms with Crippen LogP contribution in [0.2, 0.25) is 0 Å². The summed E-state index contributed by atoms with van der Waals surface area (Å²) in [4.78, 5) is 2.40. The summed E-state index contributed by atoms with van der Waals surface area (Å²) < 4.78 is 0. The minimum absolute atomic E-state index is 0.540. The van der Waals surface area contributed by atoms with Crippen LogP contribution in [0.4, 0.5) is 0 Å². The van der Waals surface area contributed by atoms with Crippen molar-refractivity contribution in [2.45, 2.75) is 12.3 Å². The van der Waals surface area contributed by atoms with Crippen molar-refractivity contribution in [2.75, 3.05) is 20.1 Å². The molecule has 2 atom stereocenters. The quantitative estimate of drug-likeness (QED) is 0.525. The second-order valence-corrected chi connectivity index (χ2v) is 4.87. The summed E-state index contributed by atoms with van der Waals surface area (Å²) in [5.74, 6) is 6.70. The molecule has 0 unspecified atom stereocenters. The van der Waals surface area contributed by atoms with Gasteiger partial charge in [-0.1, -0.05) is 24.3 Å². The Balaban J connectivity index is 2.09. The van der Waals surface area contributed by atoms with E-state index in [1.165, 1.54) is 17.5 Å². The average molecular weight is 215 g/mol. The largest absolute Gasteiger partial charge is 0.323 e. The fourth-order valence-corrected chi connectivity index (χ4v) is 3.18. The van der Waals surface area contributed by atoms with Crippen molar-refractivity contribution < 1.29 is 0 Å². The van der Waals surface area contributed by atoms with Crippen molar-refractivity contribution in [1.82, 2.24) is 4.90 Å². The fraction of sp³-hybridized carbons (Fsp3) is 0.462. The van der Waals surface area contributed by atoms with E-state index < -0.39 is 0 Å². The summed E-state index contributed by atoms with van der Waals surface area (Å²) in [6.07, 6.45) is 1.17. The number of piperidine rings is 1. The molecule has 0 radical (unpaired) electrons. The smallest absolute Gasteiger partial charge is 0.0713 e. The highest BCUT2D eigenvalue weighted by atomic mass is 15.1. The third-order valence-electron chi connectivity index (χ3n) is 3.94. The van der Waals surface area contributed by atoms with Gasteiger partial charge in [-0.05, 0) is 25.6 Å². The lowest BCUT2D eigenvalue weighted by molar-refractivity contribution is 0.228. The summed E-state index contributed by atoms with van der Waals surface area (Å²) in [5, 5.41) is 4.04. The van der Waals surface area contributed by atoms with Gasteiger partial charge in [-0.3, -0.25) is 0 Å². The summed E-state index contributed by atoms with van der Waals surface area (Å²) in [6, 6.07) is 8.57. The molecule has 3 nitrogen and oxygen atoms in total. The first kappa shape index (κ1) is 9.85. The Morgan fingerprint density at radius 1 is 1.31 bits per heavy atom. The Labute approximate surface area is 95.9 Å². The number of benzene rings is 1. The second-order valence-electron chi connectivity index (χ2n) is 4.87. The molecule has 2 N–H and O–H groups in total. The van der Waals surface area contributed by atoms with E-state index in [1.54, 1.807) is 0 Å². The molecule has 1 aliphatic carbocycles. The molecule has 1 heterocycles. The average Bonchev–Trinajstić information content (AvgIpc) is 2.62. The van der Waals surface area contributed by atoms with E-state index in [2.05, 4.69) is 41.3 Å². The van der Waals surface area contributed by atoms with E-state index in [9.17, 15) is 0 Å². The van der Waals surface area contributed by atoms with Crippen LogP contribution in [0, 0.1) is 5.92 Å². The molecule has 0 amide bonds. The van der Waals surface area contributed by atoms with Gasteiger partial charge in [0.2, 0.25) is 0 Å². The van der Waals surface area contributed by atoms with Crippen LogP contribution in [0.3, 0.4) is 0 Å². The number of nitrogens with two attached hydrogens (primary N) is 1. The number of nitrogens with zero attached hydrogens (tertiary/aromatic N) is 2. The monoisotopic (exact) mass is 215 g/mol. The highest BCUT2D eigenvalue weighted by molar-refractivity contribution is 6.07. The van der Waals surface area contributed by atoms with Crippen molar-refractivity contribution in [3.05, 3.63) is 35.4 Å². The van der Waals surface area contributed by atoms with Crippen LogP contribution >= 0.6 is 0 Å². The predicted octanol–water partition coefficient (Wildman–Crippen LogP) is 1.40. The summed E-state index contributed by atoms with van der Waals surface area (Å²) in [7, 11) is 2.19. The van der Waals surface area contributed by atoms with Crippen molar-refractivity contribution in [2.24, 2.45) is 16.9 Å². The van der Waals surface area contributed by atoms with Crippen LogP contribution < -0.4 is 5.84 Å². The zero-order valence-electron chi connectivity index (χ0n) is 9.56. The summed E-state index contributed by atoms with van der Waals surface area (Å²) >= 11 is 0. The van der Waals surface area contributed by atoms with Crippen LogP contribution in [0.25, 0.3) is 0 Å². The van der Waals surface area contributed by atoms with E-state index in [0.717, 1.165) is 18.8 Å². The van der Waals surface area contributed by atoms with Crippen LogP contribution in [-0.2, 0) is 0 Å². The maximum absolute atomic E-state index is 5.56. The Kier molecular flexibility index (Phi) is 2.21. The zero-order chi connectivity index (χ0) is 11.1. The molecule has 1 fully saturated rings. The Bertz CT molecular complexity index is 439. The van der Waals surface area contributed by atoms with Gasteiger partial charge in [0.05, 0.1) is 5.71 Å². The lowest BCUT2D eigenvalue weighted by Crippen LogP contribution is -2.36. The molecule has 3 heteroatoms. The Hall–Kier alpha value is -1.35. The van der Waals surface area contributed by atoms with Gasteiger partial charge in [0.15, 0.2) is 0 Å². The van der Waals surface area contributed by atoms with Crippen molar-refractivity contribution in [1.29, 1.82) is 0 Å². The molecule has 1 aliphatic heterocycles. The number of hydrogen-bond acceptors (Lipinski definition) is 3. The van der Waals surface area contributed by atoms with E-state index in [4.69, 9.17) is 5.84 Å². The topological polar surface area (TPSA) is 41.6 Å². The van der Waals surface area contributed by atoms with Gasteiger partial charge in [0.1, 0.15) is 0 Å². The van der Waals surface area contributed by atoms with Crippen molar-refractivity contribution in [3.8, 4) is 0 Å². The van der Waals surface area contributed by atoms with Crippen molar-refractivity contribution >= 4 is 5.71 Å². The molecule has 1 saturated heterocycles. The van der Waals surface area contributed by atoms with Gasteiger partial charge in [0.25, 0.3) is 0 Å². The number of fused-ring (bicyclic) bond motifs is 3. The first-order valence-electron chi connectivity index (χ1n) is 5.87. The van der Waals surface area contributed by atoms with E-state index in [-0.39, 0.29) is 0 Å². The Morgan fingerprint density at radius 2 is 2.12 bits per heavy atom. The number of hydrogen-bond donors (Lipinski definition) is 1. The molecular weight excluding hydrogens is 198 g/mol. The third kappa shape index (κ3) is 1.28. The van der Waals surface area contributed by atoms with Gasteiger partial charge < -0.3 is 10.7 Å². The van der Waals surface area contributed by atoms with Gasteiger partial charge >= 0.3 is 0 Å². The molecule has 16 heavy (non-hydrogen) atoms. The molecule has 0 saturated carbocycles. The minimum Gasteiger partial charge on any atom is -0.323 e. The predicted molar refractivity (Wildman–Crippen MR) is 65.5 cm³/mol. The maximum Gasteiger partial charge on any atom is 0.0713 e. The standard InChI is InChI=1S/C13H17N3/c1-16-7-6-11-12(8-16)9-4-2-3-5-10(9)13(11)15-14/h2-5,11-12H,6-8,14H2,1H3/b15-13+/t11-,12-/m0/s1. The molecule has 3 rings (SSSR count). The maximum atomic E-state index is 5.56. The van der Waals surface area contributed by atoms with Gasteiger partial charge in [-0.25, -0.2) is 0 Å². The third-order valence-corrected chi connectivity index (χ3v) is 3.94. The van der Waals surface area contributed by atoms with Gasteiger partial charge in [-0.2, -0.15) is 5.10 Å². The molecule has 0 spiro atoms. The number of likely N-dealkylation sites (N-methyl/N-ethyl adjacent to an activating group) is 1. The van der Waals surface area contributed by atoms with E-state index in [1.807, 2.05) is 0 Å². The number of hydrazone groups is 1. The molecule has 1 aromatic carbocycles. The Morgan fingerprint density at radius 3 is 2.94 bits per heavy atom. The zero-order valence-corrected chi connectivity index (χ0v) is 9.56. The normalized spacial score (nSPS) is 31.4. The van der Waals surface area contributed by atoms with Crippen LogP contribution in [-0.4, -0.2) is 30.7 Å². The molecule has 0 bridgehead atoms. The van der Waals surface area contributed by atoms with E-state index >= 15 is 0 Å². The number of likely N-dealkylation sites (tertiary alicyclic amines) is 1. The lowest BCUT2D eigenvalue weighted by atomic mass is 9.86. The first-order chi connectivity index (χ1) is 7.81.